The Kier molecular flexibility index (Phi) is 5.67. The van der Waals surface area contributed by atoms with Gasteiger partial charge in [-0.25, -0.2) is 4.98 Å². The van der Waals surface area contributed by atoms with Gasteiger partial charge in [0, 0.05) is 12.7 Å². The molecule has 3 rings (SSSR count). The molecule has 0 saturated carbocycles. The zero-order chi connectivity index (χ0) is 18.7. The third-order valence-corrected chi connectivity index (χ3v) is 5.90. The van der Waals surface area contributed by atoms with Crippen molar-refractivity contribution in [2.24, 2.45) is 7.05 Å². The topological polar surface area (TPSA) is 46.9 Å². The fourth-order valence-corrected chi connectivity index (χ4v) is 3.83. The molecule has 0 bridgehead atoms. The number of fused-ring (bicyclic) bond motifs is 1. The maximum Gasteiger partial charge on any atom is 0.237 e. The number of rotatable bonds is 6. The van der Waals surface area contributed by atoms with Crippen molar-refractivity contribution in [3.05, 3.63) is 54.1 Å². The smallest absolute Gasteiger partial charge is 0.237 e. The number of nitrogens with one attached hydrogen (secondary N) is 1. The molecule has 0 aliphatic carbocycles. The predicted octanol–water partition coefficient (Wildman–Crippen LogP) is 5.21. The van der Waals surface area contributed by atoms with Gasteiger partial charge in [-0.1, -0.05) is 55.9 Å². The van der Waals surface area contributed by atoms with Gasteiger partial charge in [-0.3, -0.25) is 4.79 Å². The number of aromatic nitrogens is 2. The lowest BCUT2D eigenvalue weighted by Crippen LogP contribution is -2.23. The van der Waals surface area contributed by atoms with E-state index in [-0.39, 0.29) is 11.2 Å². The van der Waals surface area contributed by atoms with Crippen molar-refractivity contribution in [2.75, 3.05) is 5.32 Å². The van der Waals surface area contributed by atoms with Gasteiger partial charge in [-0.2, -0.15) is 0 Å². The number of hydrogen-bond acceptors (Lipinski definition) is 3. The molecule has 2 aromatic carbocycles. The van der Waals surface area contributed by atoms with Crippen LogP contribution in [0.5, 0.6) is 0 Å². The van der Waals surface area contributed by atoms with Gasteiger partial charge >= 0.3 is 0 Å². The van der Waals surface area contributed by atoms with Gasteiger partial charge in [0.2, 0.25) is 5.91 Å². The summed E-state index contributed by atoms with van der Waals surface area (Å²) in [6, 6.07) is 16.1. The van der Waals surface area contributed by atoms with Gasteiger partial charge < -0.3 is 9.88 Å². The molecule has 26 heavy (non-hydrogen) atoms. The summed E-state index contributed by atoms with van der Waals surface area (Å²) in [6.07, 6.45) is 1.04. The van der Waals surface area contributed by atoms with E-state index in [9.17, 15) is 4.79 Å². The molecule has 2 atom stereocenters. The van der Waals surface area contributed by atoms with Gasteiger partial charge in [0.1, 0.15) is 0 Å². The van der Waals surface area contributed by atoms with Crippen LogP contribution in [0.15, 0.2) is 53.7 Å². The Morgan fingerprint density at radius 2 is 1.85 bits per heavy atom. The summed E-state index contributed by atoms with van der Waals surface area (Å²) in [5.74, 6) is 0.409. The highest BCUT2D eigenvalue weighted by Crippen LogP contribution is 2.29. The van der Waals surface area contributed by atoms with Gasteiger partial charge in [-0.05, 0) is 43.0 Å². The molecule has 1 aromatic heterocycles. The number of para-hydroxylation sites is 3. The van der Waals surface area contributed by atoms with Crippen molar-refractivity contribution < 1.29 is 4.79 Å². The van der Waals surface area contributed by atoms with Crippen LogP contribution in [0.4, 0.5) is 5.69 Å². The largest absolute Gasteiger partial charge is 0.325 e. The normalized spacial score (nSPS) is 13.5. The molecular weight excluding hydrogens is 342 g/mol. The number of carbonyl (C=O) groups is 1. The lowest BCUT2D eigenvalue weighted by Gasteiger charge is -2.17. The fourth-order valence-electron chi connectivity index (χ4n) is 2.94. The number of benzene rings is 2. The number of aryl methyl sites for hydroxylation is 1. The highest BCUT2D eigenvalue weighted by molar-refractivity contribution is 8.00. The molecule has 0 aliphatic rings. The Morgan fingerprint density at radius 1 is 1.15 bits per heavy atom. The van der Waals surface area contributed by atoms with Crippen LogP contribution in [0.3, 0.4) is 0 Å². The molecule has 1 N–H and O–H groups in total. The summed E-state index contributed by atoms with van der Waals surface area (Å²) in [7, 11) is 1.99. The van der Waals surface area contributed by atoms with E-state index in [1.165, 1.54) is 17.3 Å². The van der Waals surface area contributed by atoms with E-state index in [2.05, 4.69) is 30.2 Å². The second-order valence-corrected chi connectivity index (χ2v) is 7.90. The van der Waals surface area contributed by atoms with Crippen molar-refractivity contribution in [1.29, 1.82) is 0 Å². The van der Waals surface area contributed by atoms with E-state index in [1.807, 2.05) is 61.0 Å². The molecule has 0 radical (unpaired) electrons. The molecule has 0 saturated heterocycles. The first kappa shape index (κ1) is 18.5. The van der Waals surface area contributed by atoms with Gasteiger partial charge in [0.15, 0.2) is 5.16 Å². The van der Waals surface area contributed by atoms with E-state index in [4.69, 9.17) is 0 Å². The Morgan fingerprint density at radius 3 is 2.58 bits per heavy atom. The first-order chi connectivity index (χ1) is 12.5. The Bertz CT molecular complexity index is 919. The molecule has 3 aromatic rings. The summed E-state index contributed by atoms with van der Waals surface area (Å²) in [5, 5.41) is 3.71. The first-order valence-electron chi connectivity index (χ1n) is 8.99. The molecule has 1 amide bonds. The highest BCUT2D eigenvalue weighted by Gasteiger charge is 2.20. The first-order valence-corrected chi connectivity index (χ1v) is 9.87. The summed E-state index contributed by atoms with van der Waals surface area (Å²) >= 11 is 1.48. The SMILES string of the molecule is CCC(C)c1ccccc1NC(=O)C(C)Sc1nc2ccccc2n1C. The van der Waals surface area contributed by atoms with Gasteiger partial charge in [0.05, 0.1) is 16.3 Å². The molecule has 0 fully saturated rings. The van der Waals surface area contributed by atoms with Crippen LogP contribution >= 0.6 is 11.8 Å². The summed E-state index contributed by atoms with van der Waals surface area (Å²) in [6.45, 7) is 6.27. The third kappa shape index (κ3) is 3.78. The zero-order valence-corrected chi connectivity index (χ0v) is 16.5. The lowest BCUT2D eigenvalue weighted by atomic mass is 9.97. The number of imidazole rings is 1. The highest BCUT2D eigenvalue weighted by atomic mass is 32.2. The maximum atomic E-state index is 12.7. The number of thioether (sulfide) groups is 1. The second-order valence-electron chi connectivity index (χ2n) is 6.59. The minimum Gasteiger partial charge on any atom is -0.325 e. The third-order valence-electron chi connectivity index (χ3n) is 4.76. The molecule has 2 unspecified atom stereocenters. The van der Waals surface area contributed by atoms with Crippen molar-refractivity contribution in [3.8, 4) is 0 Å². The van der Waals surface area contributed by atoms with Gasteiger partial charge in [-0.15, -0.1) is 0 Å². The molecule has 0 spiro atoms. The van der Waals surface area contributed by atoms with Crippen molar-refractivity contribution in [1.82, 2.24) is 9.55 Å². The Hall–Kier alpha value is -2.27. The number of hydrogen-bond donors (Lipinski definition) is 1. The van der Waals surface area contributed by atoms with Crippen molar-refractivity contribution >= 4 is 34.4 Å². The van der Waals surface area contributed by atoms with Crippen LogP contribution in [0, 0.1) is 0 Å². The van der Waals surface area contributed by atoms with E-state index in [1.54, 1.807) is 0 Å². The fraction of sp³-hybridized carbons (Fsp3) is 0.333. The predicted molar refractivity (Wildman–Crippen MR) is 110 cm³/mol. The zero-order valence-electron chi connectivity index (χ0n) is 15.7. The van der Waals surface area contributed by atoms with E-state index in [0.29, 0.717) is 5.92 Å². The number of anilines is 1. The van der Waals surface area contributed by atoms with Crippen LogP contribution in [0.1, 0.15) is 38.7 Å². The molecule has 136 valence electrons. The van der Waals surface area contributed by atoms with Crippen LogP contribution < -0.4 is 5.32 Å². The minimum absolute atomic E-state index is 0.00203. The number of nitrogens with zero attached hydrogens (tertiary/aromatic N) is 2. The molecule has 0 aliphatic heterocycles. The summed E-state index contributed by atoms with van der Waals surface area (Å²) in [4.78, 5) is 17.4. The Balaban J connectivity index is 1.75. The molecule has 5 heteroatoms. The average molecular weight is 368 g/mol. The Labute approximate surface area is 159 Å². The van der Waals surface area contributed by atoms with Gasteiger partial charge in [0.25, 0.3) is 0 Å². The standard InChI is InChI=1S/C21H25N3OS/c1-5-14(2)16-10-6-7-11-17(16)22-20(25)15(3)26-21-23-18-12-8-9-13-19(18)24(21)4/h6-15H,5H2,1-4H3,(H,22,25). The maximum absolute atomic E-state index is 12.7. The van der Waals surface area contributed by atoms with E-state index < -0.39 is 0 Å². The summed E-state index contributed by atoms with van der Waals surface area (Å²) in [5.41, 5.74) is 4.12. The second kappa shape index (κ2) is 7.96. The monoisotopic (exact) mass is 367 g/mol. The van der Waals surface area contributed by atoms with E-state index >= 15 is 0 Å². The molecule has 1 heterocycles. The number of carbonyl (C=O) groups excluding carboxylic acids is 1. The molecular formula is C21H25N3OS. The van der Waals surface area contributed by atoms with Crippen LogP contribution in [0.25, 0.3) is 11.0 Å². The lowest BCUT2D eigenvalue weighted by molar-refractivity contribution is -0.115. The molecule has 4 nitrogen and oxygen atoms in total. The van der Waals surface area contributed by atoms with E-state index in [0.717, 1.165) is 28.3 Å². The van der Waals surface area contributed by atoms with Crippen LogP contribution in [-0.4, -0.2) is 20.7 Å². The van der Waals surface area contributed by atoms with Crippen LogP contribution in [0.2, 0.25) is 0 Å². The quantitative estimate of drug-likeness (QED) is 0.609. The van der Waals surface area contributed by atoms with Crippen molar-refractivity contribution in [2.45, 2.75) is 43.5 Å². The number of amides is 1. The summed E-state index contributed by atoms with van der Waals surface area (Å²) < 4.78 is 2.04. The average Bonchev–Trinajstić information content (AvgIpc) is 2.97. The van der Waals surface area contributed by atoms with Crippen LogP contribution in [-0.2, 0) is 11.8 Å². The van der Waals surface area contributed by atoms with Crippen molar-refractivity contribution in [3.63, 3.8) is 0 Å². The minimum atomic E-state index is -0.240.